The summed E-state index contributed by atoms with van der Waals surface area (Å²) in [6.07, 6.45) is 1.31. The van der Waals surface area contributed by atoms with Gasteiger partial charge < -0.3 is 9.53 Å². The third-order valence-corrected chi connectivity index (χ3v) is 2.22. The van der Waals surface area contributed by atoms with E-state index in [9.17, 15) is 4.79 Å². The molecule has 0 unspecified atom stereocenters. The van der Waals surface area contributed by atoms with Crippen LogP contribution < -0.4 is 4.74 Å². The first-order chi connectivity index (χ1) is 7.04. The first-order valence-corrected chi connectivity index (χ1v) is 5.21. The second-order valence-electron chi connectivity index (χ2n) is 4.58. The molecule has 0 spiro atoms. The normalized spacial score (nSPS) is 11.1. The molecule has 15 heavy (non-hydrogen) atoms. The number of ether oxygens (including phenoxy) is 1. The molecular weight excluding hydrogens is 188 g/mol. The lowest BCUT2D eigenvalue weighted by Gasteiger charge is -2.19. The molecule has 0 aromatic heterocycles. The Hall–Kier alpha value is -1.31. The molecule has 2 heteroatoms. The molecule has 1 aromatic carbocycles. The Labute approximate surface area is 91.3 Å². The predicted molar refractivity (Wildman–Crippen MR) is 61.3 cm³/mol. The van der Waals surface area contributed by atoms with Crippen molar-refractivity contribution in [2.75, 3.05) is 6.61 Å². The van der Waals surface area contributed by atoms with Gasteiger partial charge in [0, 0.05) is 6.42 Å². The van der Waals surface area contributed by atoms with Crippen molar-refractivity contribution in [3.05, 3.63) is 29.8 Å². The summed E-state index contributed by atoms with van der Waals surface area (Å²) in [5.41, 5.74) is 1.45. The van der Waals surface area contributed by atoms with E-state index < -0.39 is 0 Å². The van der Waals surface area contributed by atoms with Crippen molar-refractivity contribution in [2.24, 2.45) is 0 Å². The van der Waals surface area contributed by atoms with Gasteiger partial charge in [-0.15, -0.1) is 0 Å². The lowest BCUT2D eigenvalue weighted by Crippen LogP contribution is -2.10. The Balaban J connectivity index is 2.60. The minimum absolute atomic E-state index is 0.168. The van der Waals surface area contributed by atoms with Crippen LogP contribution in [-0.4, -0.2) is 12.9 Å². The van der Waals surface area contributed by atoms with E-state index in [4.69, 9.17) is 4.74 Å². The Bertz CT molecular complexity index is 306. The van der Waals surface area contributed by atoms with Crippen LogP contribution in [0.3, 0.4) is 0 Å². The van der Waals surface area contributed by atoms with Crippen molar-refractivity contribution in [3.8, 4) is 5.75 Å². The van der Waals surface area contributed by atoms with Crippen molar-refractivity contribution in [2.45, 2.75) is 32.6 Å². The molecule has 0 bridgehead atoms. The quantitative estimate of drug-likeness (QED) is 0.559. The lowest BCUT2D eigenvalue weighted by molar-refractivity contribution is -0.108. The molecule has 2 nitrogen and oxygen atoms in total. The van der Waals surface area contributed by atoms with Gasteiger partial charge in [-0.1, -0.05) is 32.9 Å². The molecule has 0 radical (unpaired) electrons. The fourth-order valence-electron chi connectivity index (χ4n) is 1.28. The minimum Gasteiger partial charge on any atom is -0.493 e. The average molecular weight is 206 g/mol. The number of hydrogen-bond donors (Lipinski definition) is 0. The van der Waals surface area contributed by atoms with Crippen LogP contribution in [0.1, 0.15) is 32.8 Å². The molecule has 0 heterocycles. The second-order valence-corrected chi connectivity index (χ2v) is 4.58. The molecule has 1 aromatic rings. The van der Waals surface area contributed by atoms with Crippen molar-refractivity contribution >= 4 is 6.29 Å². The summed E-state index contributed by atoms with van der Waals surface area (Å²) < 4.78 is 5.38. The van der Waals surface area contributed by atoms with Gasteiger partial charge in [-0.2, -0.15) is 0 Å². The standard InChI is InChI=1S/C13H18O2/c1-13(2,3)11-5-7-12(8-6-11)15-10-4-9-14/h5-9H,4,10H2,1-3H3. The van der Waals surface area contributed by atoms with Crippen molar-refractivity contribution in [1.82, 2.24) is 0 Å². The molecule has 0 aliphatic carbocycles. The zero-order chi connectivity index (χ0) is 11.3. The molecule has 0 atom stereocenters. The number of aldehydes is 1. The van der Waals surface area contributed by atoms with Crippen molar-refractivity contribution in [3.63, 3.8) is 0 Å². The highest BCUT2D eigenvalue weighted by atomic mass is 16.5. The van der Waals surface area contributed by atoms with E-state index in [0.29, 0.717) is 13.0 Å². The molecule has 0 aliphatic heterocycles. The lowest BCUT2D eigenvalue weighted by atomic mass is 9.87. The second kappa shape index (κ2) is 4.96. The predicted octanol–water partition coefficient (Wildman–Crippen LogP) is 2.95. The number of carbonyl (C=O) groups excluding carboxylic acids is 1. The van der Waals surface area contributed by atoms with Gasteiger partial charge in [0.25, 0.3) is 0 Å². The van der Waals surface area contributed by atoms with E-state index in [-0.39, 0.29) is 5.41 Å². The largest absolute Gasteiger partial charge is 0.493 e. The maximum absolute atomic E-state index is 10.1. The topological polar surface area (TPSA) is 26.3 Å². The summed E-state index contributed by atoms with van der Waals surface area (Å²) in [6.45, 7) is 6.98. The molecule has 82 valence electrons. The van der Waals surface area contributed by atoms with Crippen LogP contribution >= 0.6 is 0 Å². The fourth-order valence-corrected chi connectivity index (χ4v) is 1.28. The van der Waals surface area contributed by atoms with Gasteiger partial charge in [0.05, 0.1) is 6.61 Å². The summed E-state index contributed by atoms with van der Waals surface area (Å²) in [5.74, 6) is 0.824. The van der Waals surface area contributed by atoms with Gasteiger partial charge in [-0.05, 0) is 23.1 Å². The summed E-state index contributed by atoms with van der Waals surface area (Å²) in [7, 11) is 0. The molecule has 1 rings (SSSR count). The van der Waals surface area contributed by atoms with E-state index >= 15 is 0 Å². The zero-order valence-electron chi connectivity index (χ0n) is 9.62. The Morgan fingerprint density at radius 1 is 1.20 bits per heavy atom. The Morgan fingerprint density at radius 3 is 2.27 bits per heavy atom. The van der Waals surface area contributed by atoms with Gasteiger partial charge in [-0.3, -0.25) is 0 Å². The van der Waals surface area contributed by atoms with E-state index in [1.807, 2.05) is 12.1 Å². The average Bonchev–Trinajstić information content (AvgIpc) is 2.18. The number of hydrogen-bond acceptors (Lipinski definition) is 2. The third-order valence-electron chi connectivity index (χ3n) is 2.22. The maximum Gasteiger partial charge on any atom is 0.123 e. The summed E-state index contributed by atoms with van der Waals surface area (Å²) in [4.78, 5) is 10.1. The van der Waals surface area contributed by atoms with Crippen molar-refractivity contribution < 1.29 is 9.53 Å². The van der Waals surface area contributed by atoms with E-state index in [1.165, 1.54) is 5.56 Å². The zero-order valence-corrected chi connectivity index (χ0v) is 9.62. The number of rotatable bonds is 4. The number of carbonyl (C=O) groups is 1. The van der Waals surface area contributed by atoms with Gasteiger partial charge in [-0.25, -0.2) is 0 Å². The third kappa shape index (κ3) is 3.74. The SMILES string of the molecule is CC(C)(C)c1ccc(OCCC=O)cc1. The van der Waals surface area contributed by atoms with Crippen molar-refractivity contribution in [1.29, 1.82) is 0 Å². The highest BCUT2D eigenvalue weighted by molar-refractivity contribution is 5.49. The summed E-state index contributed by atoms with van der Waals surface area (Å²) >= 11 is 0. The van der Waals surface area contributed by atoms with Gasteiger partial charge in [0.1, 0.15) is 12.0 Å². The van der Waals surface area contributed by atoms with Gasteiger partial charge in [0.2, 0.25) is 0 Å². The smallest absolute Gasteiger partial charge is 0.123 e. The molecule has 0 saturated carbocycles. The van der Waals surface area contributed by atoms with Gasteiger partial charge in [0.15, 0.2) is 0 Å². The highest BCUT2D eigenvalue weighted by Crippen LogP contribution is 2.24. The summed E-state index contributed by atoms with van der Waals surface area (Å²) in [6, 6.07) is 8.03. The number of benzene rings is 1. The minimum atomic E-state index is 0.168. The van der Waals surface area contributed by atoms with Crippen LogP contribution in [0.25, 0.3) is 0 Å². The molecule has 0 N–H and O–H groups in total. The van der Waals surface area contributed by atoms with E-state index in [1.54, 1.807) is 0 Å². The molecule has 0 saturated heterocycles. The van der Waals surface area contributed by atoms with Crippen LogP contribution in [0.4, 0.5) is 0 Å². The molecular formula is C13H18O2. The fraction of sp³-hybridized carbons (Fsp3) is 0.462. The summed E-state index contributed by atoms with van der Waals surface area (Å²) in [5, 5.41) is 0. The Kier molecular flexibility index (Phi) is 3.89. The van der Waals surface area contributed by atoms with Crippen LogP contribution in [0, 0.1) is 0 Å². The van der Waals surface area contributed by atoms with Crippen LogP contribution in [0.5, 0.6) is 5.75 Å². The first kappa shape index (κ1) is 11.8. The molecule has 0 amide bonds. The highest BCUT2D eigenvalue weighted by Gasteiger charge is 2.12. The maximum atomic E-state index is 10.1. The van der Waals surface area contributed by atoms with Crippen LogP contribution in [0.2, 0.25) is 0 Å². The van der Waals surface area contributed by atoms with E-state index in [0.717, 1.165) is 12.0 Å². The van der Waals surface area contributed by atoms with E-state index in [2.05, 4.69) is 32.9 Å². The van der Waals surface area contributed by atoms with Crippen LogP contribution in [0.15, 0.2) is 24.3 Å². The van der Waals surface area contributed by atoms with Gasteiger partial charge >= 0.3 is 0 Å². The molecule has 0 aliphatic rings. The monoisotopic (exact) mass is 206 g/mol. The molecule has 0 fully saturated rings. The Morgan fingerprint density at radius 2 is 1.80 bits per heavy atom. The first-order valence-electron chi connectivity index (χ1n) is 5.21. The van der Waals surface area contributed by atoms with Crippen LogP contribution in [-0.2, 0) is 10.2 Å².